The van der Waals surface area contributed by atoms with E-state index in [1.165, 1.54) is 117 Å². The SMILES string of the molecule is CCCCCCCCCCCCCCCCCCCCC(=O)NCc1cn(CCOCCOCCOCC(=O)NCCS[C@@H]2OC(COC(C)=O)C(OC(C)=O)C(OC(C)=O)C2OC(C)=O)nn1. The third kappa shape index (κ3) is 30.6. The number of nitrogens with one attached hydrogen (secondary N) is 2. The monoisotopic (exact) mass is 986 g/mol. The average molecular weight is 986 g/mol. The molecule has 2 amide bonds. The lowest BCUT2D eigenvalue weighted by Gasteiger charge is -2.44. The molecule has 2 N–H and O–H groups in total. The Bertz CT molecular complexity index is 1550. The smallest absolute Gasteiger partial charge is 0.303 e. The van der Waals surface area contributed by atoms with Crippen LogP contribution in [0.3, 0.4) is 0 Å². The van der Waals surface area contributed by atoms with Gasteiger partial charge in [-0.2, -0.15) is 0 Å². The van der Waals surface area contributed by atoms with Gasteiger partial charge in [0.05, 0.1) is 52.3 Å². The molecule has 1 aliphatic heterocycles. The first-order valence-electron chi connectivity index (χ1n) is 25.0. The molecule has 20 heteroatoms. The molecule has 0 radical (unpaired) electrons. The lowest BCUT2D eigenvalue weighted by Crippen LogP contribution is -2.61. The highest BCUT2D eigenvalue weighted by Gasteiger charge is 2.52. The summed E-state index contributed by atoms with van der Waals surface area (Å²) in [5.74, 6) is -2.80. The second-order valence-corrected chi connectivity index (χ2v) is 18.3. The summed E-state index contributed by atoms with van der Waals surface area (Å²) < 4.78 is 45.6. The number of hydrogen-bond acceptors (Lipinski definition) is 17. The Labute approximate surface area is 408 Å². The second kappa shape index (κ2) is 38.9. The normalized spacial score (nSPS) is 17.9. The van der Waals surface area contributed by atoms with Crippen LogP contribution in [0.4, 0.5) is 0 Å². The molecule has 1 aliphatic rings. The lowest BCUT2D eigenvalue weighted by molar-refractivity contribution is -0.237. The Hall–Kier alpha value is -3.85. The Morgan fingerprint density at radius 2 is 1.13 bits per heavy atom. The predicted octanol–water partition coefficient (Wildman–Crippen LogP) is 6.31. The Morgan fingerprint density at radius 3 is 1.69 bits per heavy atom. The number of esters is 4. The van der Waals surface area contributed by atoms with Crippen molar-refractivity contribution in [1.82, 2.24) is 25.6 Å². The van der Waals surface area contributed by atoms with Crippen molar-refractivity contribution in [2.24, 2.45) is 0 Å². The number of rotatable bonds is 41. The van der Waals surface area contributed by atoms with Gasteiger partial charge in [-0.15, -0.1) is 16.9 Å². The summed E-state index contributed by atoms with van der Waals surface area (Å²) in [5.41, 5.74) is -0.251. The fourth-order valence-corrected chi connectivity index (χ4v) is 8.57. The van der Waals surface area contributed by atoms with Crippen molar-refractivity contribution < 1.29 is 66.7 Å². The molecule has 1 aromatic heterocycles. The Kier molecular flexibility index (Phi) is 34.5. The minimum Gasteiger partial charge on any atom is -0.463 e. The van der Waals surface area contributed by atoms with Gasteiger partial charge in [0, 0.05) is 46.4 Å². The van der Waals surface area contributed by atoms with Gasteiger partial charge in [0.2, 0.25) is 11.8 Å². The van der Waals surface area contributed by atoms with E-state index in [-0.39, 0.29) is 50.5 Å². The summed E-state index contributed by atoms with van der Waals surface area (Å²) in [5, 5.41) is 13.9. The minimum atomic E-state index is -1.26. The van der Waals surface area contributed by atoms with Crippen molar-refractivity contribution in [3.8, 4) is 0 Å². The van der Waals surface area contributed by atoms with Crippen LogP contribution in [0.25, 0.3) is 0 Å². The summed E-state index contributed by atoms with van der Waals surface area (Å²) in [6.07, 6.45) is 21.3. The lowest BCUT2D eigenvalue weighted by atomic mass is 9.99. The van der Waals surface area contributed by atoms with Crippen molar-refractivity contribution in [1.29, 1.82) is 0 Å². The first-order valence-corrected chi connectivity index (χ1v) is 26.0. The summed E-state index contributed by atoms with van der Waals surface area (Å²) in [6, 6.07) is 0. The van der Waals surface area contributed by atoms with Crippen molar-refractivity contribution in [3.05, 3.63) is 11.9 Å². The van der Waals surface area contributed by atoms with Crippen LogP contribution in [0.5, 0.6) is 0 Å². The van der Waals surface area contributed by atoms with Gasteiger partial charge in [0.25, 0.3) is 0 Å². The third-order valence-corrected chi connectivity index (χ3v) is 12.1. The van der Waals surface area contributed by atoms with Gasteiger partial charge in [-0.1, -0.05) is 121 Å². The molecule has 0 bridgehead atoms. The fourth-order valence-electron chi connectivity index (χ4n) is 7.50. The van der Waals surface area contributed by atoms with Gasteiger partial charge in [-0.25, -0.2) is 4.68 Å². The number of unbranched alkanes of at least 4 members (excludes halogenated alkanes) is 17. The topological polar surface area (TPSA) is 231 Å². The Balaban J connectivity index is 1.47. The molecule has 19 nitrogen and oxygen atoms in total. The molecule has 1 saturated heterocycles. The van der Waals surface area contributed by atoms with Crippen LogP contribution >= 0.6 is 11.8 Å². The maximum Gasteiger partial charge on any atom is 0.303 e. The van der Waals surface area contributed by atoms with Crippen molar-refractivity contribution in [2.45, 2.75) is 200 Å². The molecule has 68 heavy (non-hydrogen) atoms. The number of nitrogens with zero attached hydrogens (tertiary/aromatic N) is 3. The van der Waals surface area contributed by atoms with Crippen molar-refractivity contribution in [3.63, 3.8) is 0 Å². The van der Waals surface area contributed by atoms with Gasteiger partial charge in [-0.05, 0) is 6.42 Å². The summed E-state index contributed by atoms with van der Waals surface area (Å²) in [4.78, 5) is 72.2. The zero-order valence-electron chi connectivity index (χ0n) is 41.6. The standard InChI is InChI=1S/C48H83N5O14S/c1-6-7-8-9-10-11-12-13-14-15-16-17-18-19-20-21-22-23-24-43(58)50-33-41-34-53(52-51-41)26-27-60-28-29-61-30-31-62-36-44(59)49-25-32-68-48-47(66-40(5)57)46(65-39(4)56)45(64-38(3)55)42(67-48)35-63-37(2)54/h34,42,45-48H,6-33,35-36H2,1-5H3,(H,49,59)(H,50,58)/t42?,45?,46?,47?,48-/m0/s1. The maximum absolute atomic E-state index is 12.4. The number of thioether (sulfide) groups is 1. The first kappa shape index (κ1) is 60.3. The largest absolute Gasteiger partial charge is 0.463 e. The molecule has 2 heterocycles. The van der Waals surface area contributed by atoms with Gasteiger partial charge in [-0.3, -0.25) is 28.8 Å². The first-order chi connectivity index (χ1) is 32.9. The second-order valence-electron chi connectivity index (χ2n) is 17.1. The summed E-state index contributed by atoms with van der Waals surface area (Å²) in [6.45, 7) is 8.97. The zero-order valence-corrected chi connectivity index (χ0v) is 42.5. The maximum atomic E-state index is 12.4. The van der Waals surface area contributed by atoms with Crippen LogP contribution in [-0.4, -0.2) is 139 Å². The van der Waals surface area contributed by atoms with E-state index in [1.807, 2.05) is 0 Å². The molecule has 390 valence electrons. The van der Waals surface area contributed by atoms with Crippen LogP contribution in [-0.2, 0) is 79.8 Å². The van der Waals surface area contributed by atoms with Crippen LogP contribution < -0.4 is 10.6 Å². The van der Waals surface area contributed by atoms with E-state index < -0.39 is 53.7 Å². The highest BCUT2D eigenvalue weighted by Crippen LogP contribution is 2.34. The molecule has 2 rings (SSSR count). The van der Waals surface area contributed by atoms with E-state index in [2.05, 4.69) is 27.9 Å². The van der Waals surface area contributed by atoms with E-state index in [9.17, 15) is 28.8 Å². The molecule has 0 aliphatic carbocycles. The number of carbonyl (C=O) groups excluding carboxylic acids is 6. The number of amides is 2. The van der Waals surface area contributed by atoms with Crippen molar-refractivity contribution >= 4 is 47.5 Å². The molecule has 1 aromatic rings. The zero-order chi connectivity index (χ0) is 49.6. The van der Waals surface area contributed by atoms with Crippen LogP contribution in [0.2, 0.25) is 0 Å². The molecule has 4 unspecified atom stereocenters. The highest BCUT2D eigenvalue weighted by molar-refractivity contribution is 7.99. The molecule has 0 spiro atoms. The number of aromatic nitrogens is 3. The van der Waals surface area contributed by atoms with Crippen LogP contribution in [0.1, 0.15) is 162 Å². The fraction of sp³-hybridized carbons (Fsp3) is 0.833. The molecule has 5 atom stereocenters. The van der Waals surface area contributed by atoms with E-state index in [0.717, 1.165) is 38.5 Å². The molecular weight excluding hydrogens is 903 g/mol. The molecule has 1 fully saturated rings. The summed E-state index contributed by atoms with van der Waals surface area (Å²) >= 11 is 1.15. The molecular formula is C48H83N5O14S. The number of hydrogen-bond donors (Lipinski definition) is 2. The minimum absolute atomic E-state index is 0.0363. The number of carbonyl (C=O) groups is 6. The van der Waals surface area contributed by atoms with Gasteiger partial charge >= 0.3 is 23.9 Å². The van der Waals surface area contributed by atoms with Crippen LogP contribution in [0, 0.1) is 0 Å². The quantitative estimate of drug-likeness (QED) is 0.0416. The Morgan fingerprint density at radius 1 is 0.618 bits per heavy atom. The van der Waals surface area contributed by atoms with Crippen molar-refractivity contribution in [2.75, 3.05) is 58.5 Å². The summed E-state index contributed by atoms with van der Waals surface area (Å²) in [7, 11) is 0. The number of ether oxygens (including phenoxy) is 8. The molecule has 0 aromatic carbocycles. The van der Waals surface area contributed by atoms with E-state index >= 15 is 0 Å². The molecule has 0 saturated carbocycles. The third-order valence-electron chi connectivity index (χ3n) is 10.9. The van der Waals surface area contributed by atoms with Gasteiger partial charge < -0.3 is 48.5 Å². The van der Waals surface area contributed by atoms with E-state index in [0.29, 0.717) is 45.0 Å². The van der Waals surface area contributed by atoms with Gasteiger partial charge in [0.1, 0.15) is 30.4 Å². The van der Waals surface area contributed by atoms with Crippen LogP contribution in [0.15, 0.2) is 6.20 Å². The van der Waals surface area contributed by atoms with E-state index in [4.69, 9.17) is 37.9 Å². The average Bonchev–Trinajstić information content (AvgIpc) is 3.75. The van der Waals surface area contributed by atoms with E-state index in [1.54, 1.807) is 10.9 Å². The predicted molar refractivity (Wildman–Crippen MR) is 255 cm³/mol. The highest BCUT2D eigenvalue weighted by atomic mass is 32.2. The van der Waals surface area contributed by atoms with Gasteiger partial charge in [0.15, 0.2) is 18.3 Å².